The molecule has 1 aromatic rings. The molecule has 0 spiro atoms. The third-order valence-corrected chi connectivity index (χ3v) is 4.89. The van der Waals surface area contributed by atoms with E-state index in [9.17, 15) is 9.90 Å². The van der Waals surface area contributed by atoms with Gasteiger partial charge in [0.05, 0.1) is 5.92 Å². The third-order valence-electron chi connectivity index (χ3n) is 4.89. The number of carboxylic acids is 1. The number of aryl methyl sites for hydroxylation is 1. The second-order valence-corrected chi connectivity index (χ2v) is 6.51. The van der Waals surface area contributed by atoms with Crippen molar-refractivity contribution in [3.63, 3.8) is 0 Å². The van der Waals surface area contributed by atoms with Crippen LogP contribution in [0.25, 0.3) is 0 Å². The standard InChI is InChI=1S/C19H28O2/c1-3-6-14-8-5-9-16(12-14)18-13-15(7-4-2)10-11-17(18)19(20)21/h5,8-9,12,15,17-18H,3-4,6-7,10-11,13H2,1-2H3,(H,20,21). The van der Waals surface area contributed by atoms with E-state index >= 15 is 0 Å². The molecule has 0 heterocycles. The van der Waals surface area contributed by atoms with Crippen LogP contribution in [0.3, 0.4) is 0 Å². The number of aliphatic carboxylic acids is 1. The minimum atomic E-state index is -0.615. The van der Waals surface area contributed by atoms with Gasteiger partial charge in [-0.25, -0.2) is 0 Å². The average Bonchev–Trinajstić information content (AvgIpc) is 2.48. The largest absolute Gasteiger partial charge is 0.481 e. The molecule has 0 saturated heterocycles. The van der Waals surface area contributed by atoms with Crippen molar-refractivity contribution in [2.45, 2.75) is 64.7 Å². The Morgan fingerprint density at radius 1 is 1.24 bits per heavy atom. The van der Waals surface area contributed by atoms with Crippen LogP contribution in [0.5, 0.6) is 0 Å². The van der Waals surface area contributed by atoms with Crippen LogP contribution >= 0.6 is 0 Å². The summed E-state index contributed by atoms with van der Waals surface area (Å²) in [4.78, 5) is 11.6. The van der Waals surface area contributed by atoms with Gasteiger partial charge in [-0.15, -0.1) is 0 Å². The van der Waals surface area contributed by atoms with Crippen molar-refractivity contribution in [1.82, 2.24) is 0 Å². The number of hydrogen-bond donors (Lipinski definition) is 1. The molecule has 1 N–H and O–H groups in total. The van der Waals surface area contributed by atoms with Gasteiger partial charge in [-0.05, 0) is 48.6 Å². The Bertz CT molecular complexity index is 466. The molecule has 0 aliphatic heterocycles. The maximum Gasteiger partial charge on any atom is 0.307 e. The molecule has 2 rings (SSSR count). The second kappa shape index (κ2) is 7.63. The molecule has 0 bridgehead atoms. The van der Waals surface area contributed by atoms with Gasteiger partial charge < -0.3 is 5.11 Å². The van der Waals surface area contributed by atoms with Gasteiger partial charge >= 0.3 is 5.97 Å². The minimum Gasteiger partial charge on any atom is -0.481 e. The zero-order chi connectivity index (χ0) is 15.2. The lowest BCUT2D eigenvalue weighted by Gasteiger charge is -2.34. The van der Waals surface area contributed by atoms with E-state index in [1.165, 1.54) is 24.0 Å². The molecule has 3 unspecified atom stereocenters. The highest BCUT2D eigenvalue weighted by molar-refractivity contribution is 5.71. The lowest BCUT2D eigenvalue weighted by atomic mass is 9.70. The Labute approximate surface area is 128 Å². The Kier molecular flexibility index (Phi) is 5.84. The quantitative estimate of drug-likeness (QED) is 0.797. The first-order valence-electron chi connectivity index (χ1n) is 8.47. The summed E-state index contributed by atoms with van der Waals surface area (Å²) in [7, 11) is 0. The highest BCUT2D eigenvalue weighted by Gasteiger charge is 2.35. The summed E-state index contributed by atoms with van der Waals surface area (Å²) in [6.07, 6.45) is 7.60. The topological polar surface area (TPSA) is 37.3 Å². The summed E-state index contributed by atoms with van der Waals surface area (Å²) in [5.74, 6) is 0.0841. The monoisotopic (exact) mass is 288 g/mol. The van der Waals surface area contributed by atoms with E-state index in [2.05, 4.69) is 38.1 Å². The van der Waals surface area contributed by atoms with Gasteiger partial charge in [-0.2, -0.15) is 0 Å². The van der Waals surface area contributed by atoms with Crippen LogP contribution < -0.4 is 0 Å². The normalized spacial score (nSPS) is 25.7. The number of carboxylic acid groups (broad SMARTS) is 1. The molecule has 1 aromatic carbocycles. The molecular formula is C19H28O2. The summed E-state index contributed by atoms with van der Waals surface area (Å²) in [5, 5.41) is 9.56. The first-order chi connectivity index (χ1) is 10.2. The Morgan fingerprint density at radius 2 is 2.05 bits per heavy atom. The Balaban J connectivity index is 2.22. The summed E-state index contributed by atoms with van der Waals surface area (Å²) in [6.45, 7) is 4.41. The SMILES string of the molecule is CCCc1cccc(C2CC(CCC)CCC2C(=O)O)c1. The van der Waals surface area contributed by atoms with E-state index in [-0.39, 0.29) is 11.8 Å². The van der Waals surface area contributed by atoms with Crippen molar-refractivity contribution in [2.75, 3.05) is 0 Å². The Hall–Kier alpha value is -1.31. The predicted octanol–water partition coefficient (Wildman–Crippen LogP) is 5.02. The minimum absolute atomic E-state index is 0.199. The van der Waals surface area contributed by atoms with E-state index in [1.54, 1.807) is 0 Å². The van der Waals surface area contributed by atoms with Gasteiger partial charge in [-0.1, -0.05) is 57.4 Å². The van der Waals surface area contributed by atoms with Crippen LogP contribution in [0.4, 0.5) is 0 Å². The first kappa shape index (κ1) is 16.1. The van der Waals surface area contributed by atoms with Gasteiger partial charge in [0, 0.05) is 0 Å². The number of rotatable bonds is 6. The molecule has 1 saturated carbocycles. The Morgan fingerprint density at radius 3 is 2.71 bits per heavy atom. The van der Waals surface area contributed by atoms with Gasteiger partial charge in [-0.3, -0.25) is 4.79 Å². The van der Waals surface area contributed by atoms with Gasteiger partial charge in [0.1, 0.15) is 0 Å². The zero-order valence-corrected chi connectivity index (χ0v) is 13.3. The van der Waals surface area contributed by atoms with Gasteiger partial charge in [0.25, 0.3) is 0 Å². The molecule has 1 aliphatic carbocycles. The lowest BCUT2D eigenvalue weighted by Crippen LogP contribution is -2.29. The van der Waals surface area contributed by atoms with Crippen LogP contribution in [0.15, 0.2) is 24.3 Å². The van der Waals surface area contributed by atoms with Crippen molar-refractivity contribution in [3.05, 3.63) is 35.4 Å². The first-order valence-corrected chi connectivity index (χ1v) is 8.47. The fourth-order valence-corrected chi connectivity index (χ4v) is 3.86. The van der Waals surface area contributed by atoms with E-state index in [0.29, 0.717) is 5.92 Å². The molecule has 2 nitrogen and oxygen atoms in total. The molecular weight excluding hydrogens is 260 g/mol. The molecule has 1 fully saturated rings. The van der Waals surface area contributed by atoms with Crippen LogP contribution in [-0.4, -0.2) is 11.1 Å². The summed E-state index contributed by atoms with van der Waals surface area (Å²) < 4.78 is 0. The summed E-state index contributed by atoms with van der Waals surface area (Å²) >= 11 is 0. The van der Waals surface area contributed by atoms with Crippen LogP contribution in [0.2, 0.25) is 0 Å². The number of benzene rings is 1. The van der Waals surface area contributed by atoms with E-state index in [0.717, 1.165) is 32.1 Å². The number of carbonyl (C=O) groups is 1. The van der Waals surface area contributed by atoms with Gasteiger partial charge in [0.15, 0.2) is 0 Å². The highest BCUT2D eigenvalue weighted by atomic mass is 16.4. The average molecular weight is 288 g/mol. The molecule has 1 aliphatic rings. The van der Waals surface area contributed by atoms with Crippen molar-refractivity contribution in [3.8, 4) is 0 Å². The zero-order valence-electron chi connectivity index (χ0n) is 13.3. The second-order valence-electron chi connectivity index (χ2n) is 6.51. The van der Waals surface area contributed by atoms with Crippen LogP contribution in [0.1, 0.15) is 69.4 Å². The van der Waals surface area contributed by atoms with Crippen molar-refractivity contribution in [2.24, 2.45) is 11.8 Å². The summed E-state index contributed by atoms with van der Waals surface area (Å²) in [6, 6.07) is 8.64. The van der Waals surface area contributed by atoms with E-state index in [1.807, 2.05) is 0 Å². The smallest absolute Gasteiger partial charge is 0.307 e. The summed E-state index contributed by atoms with van der Waals surface area (Å²) in [5.41, 5.74) is 2.59. The van der Waals surface area contributed by atoms with Gasteiger partial charge in [0.2, 0.25) is 0 Å². The molecule has 116 valence electrons. The maximum absolute atomic E-state index is 11.6. The van der Waals surface area contributed by atoms with Crippen molar-refractivity contribution >= 4 is 5.97 Å². The third kappa shape index (κ3) is 4.09. The molecule has 0 amide bonds. The molecule has 0 aromatic heterocycles. The van der Waals surface area contributed by atoms with Crippen LogP contribution in [0, 0.1) is 11.8 Å². The fourth-order valence-electron chi connectivity index (χ4n) is 3.86. The van der Waals surface area contributed by atoms with E-state index in [4.69, 9.17) is 0 Å². The maximum atomic E-state index is 11.6. The van der Waals surface area contributed by atoms with E-state index < -0.39 is 5.97 Å². The molecule has 21 heavy (non-hydrogen) atoms. The number of hydrogen-bond acceptors (Lipinski definition) is 1. The van der Waals surface area contributed by atoms with Crippen molar-refractivity contribution < 1.29 is 9.90 Å². The molecule has 2 heteroatoms. The predicted molar refractivity (Wildman–Crippen MR) is 86.6 cm³/mol. The fraction of sp³-hybridized carbons (Fsp3) is 0.632. The molecule has 0 radical (unpaired) electrons. The van der Waals surface area contributed by atoms with Crippen molar-refractivity contribution in [1.29, 1.82) is 0 Å². The van der Waals surface area contributed by atoms with Crippen LogP contribution in [-0.2, 0) is 11.2 Å². The lowest BCUT2D eigenvalue weighted by molar-refractivity contribution is -0.143. The molecule has 3 atom stereocenters. The highest BCUT2D eigenvalue weighted by Crippen LogP contribution is 2.42.